The molecule has 2 amide bonds. The topological polar surface area (TPSA) is 67.2 Å². The molecule has 0 unspecified atom stereocenters. The minimum absolute atomic E-state index is 0.0456. The number of carbonyl (C=O) groups excluding carboxylic acids is 2. The summed E-state index contributed by atoms with van der Waals surface area (Å²) >= 11 is 0. The van der Waals surface area contributed by atoms with Gasteiger partial charge < -0.3 is 10.2 Å². The molecule has 1 aromatic heterocycles. The van der Waals surface area contributed by atoms with E-state index in [-0.39, 0.29) is 23.8 Å². The monoisotopic (exact) mass is 426 g/mol. The minimum Gasteiger partial charge on any atom is -0.333 e. The van der Waals surface area contributed by atoms with Gasteiger partial charge in [-0.15, -0.1) is 0 Å². The lowest BCUT2D eigenvalue weighted by atomic mass is 9.92. The van der Waals surface area contributed by atoms with Crippen molar-refractivity contribution in [3.05, 3.63) is 42.1 Å². The molecule has 1 heterocycles. The average Bonchev–Trinajstić information content (AvgIpc) is 3.12. The van der Waals surface area contributed by atoms with Crippen LogP contribution in [0.15, 0.2) is 36.4 Å². The predicted molar refractivity (Wildman–Crippen MR) is 126 cm³/mol. The Kier molecular flexibility index (Phi) is 8.84. The van der Waals surface area contributed by atoms with Crippen LogP contribution in [-0.2, 0) is 15.0 Å². The number of benzene rings is 1. The van der Waals surface area contributed by atoms with E-state index in [0.717, 1.165) is 30.6 Å². The number of amides is 2. The molecular formula is C25H38N4O2. The fourth-order valence-corrected chi connectivity index (χ4v) is 3.34. The molecule has 6 heteroatoms. The number of nitrogens with zero attached hydrogens (tertiary/aromatic N) is 3. The van der Waals surface area contributed by atoms with E-state index in [2.05, 4.69) is 46.9 Å². The van der Waals surface area contributed by atoms with E-state index in [1.807, 2.05) is 36.4 Å². The number of rotatable bonds is 10. The molecule has 1 N–H and O–H groups in total. The van der Waals surface area contributed by atoms with Crippen molar-refractivity contribution >= 4 is 17.6 Å². The lowest BCUT2D eigenvalue weighted by Crippen LogP contribution is -2.40. The van der Waals surface area contributed by atoms with E-state index in [4.69, 9.17) is 5.10 Å². The number of anilines is 1. The fraction of sp³-hybridized carbons (Fsp3) is 0.560. The second-order valence-corrected chi connectivity index (χ2v) is 9.59. The normalized spacial score (nSPS) is 11.6. The highest BCUT2D eigenvalue weighted by atomic mass is 16.2. The lowest BCUT2D eigenvalue weighted by Gasteiger charge is -2.24. The zero-order valence-corrected chi connectivity index (χ0v) is 19.9. The Morgan fingerprint density at radius 3 is 2.39 bits per heavy atom. The van der Waals surface area contributed by atoms with Crippen molar-refractivity contribution in [2.75, 3.05) is 18.4 Å². The Labute approximate surface area is 187 Å². The molecular weight excluding hydrogens is 388 g/mol. The van der Waals surface area contributed by atoms with Gasteiger partial charge in [0, 0.05) is 24.4 Å². The van der Waals surface area contributed by atoms with Gasteiger partial charge in [-0.2, -0.15) is 5.10 Å². The van der Waals surface area contributed by atoms with E-state index in [0.29, 0.717) is 24.7 Å². The first-order valence-electron chi connectivity index (χ1n) is 11.4. The van der Waals surface area contributed by atoms with Gasteiger partial charge in [0.2, 0.25) is 11.8 Å². The highest BCUT2D eigenvalue weighted by molar-refractivity contribution is 5.94. The van der Waals surface area contributed by atoms with Crippen LogP contribution in [0.5, 0.6) is 0 Å². The van der Waals surface area contributed by atoms with Gasteiger partial charge in [0.1, 0.15) is 5.82 Å². The summed E-state index contributed by atoms with van der Waals surface area (Å²) in [6.07, 6.45) is 3.45. The first kappa shape index (κ1) is 24.6. The van der Waals surface area contributed by atoms with Crippen LogP contribution in [0.25, 0.3) is 5.69 Å². The van der Waals surface area contributed by atoms with Crippen LogP contribution in [-0.4, -0.2) is 39.6 Å². The SMILES string of the molecule is CCCCCC(=O)N(CC(=O)Nc1cc(C(C)(C)C)nn1-c1ccccc1)CC(C)C. The molecule has 0 saturated carbocycles. The molecule has 2 rings (SSSR count). The number of unbranched alkanes of at least 4 members (excludes halogenated alkanes) is 2. The molecule has 0 aliphatic heterocycles. The summed E-state index contributed by atoms with van der Waals surface area (Å²) in [7, 11) is 0. The molecule has 0 radical (unpaired) electrons. The summed E-state index contributed by atoms with van der Waals surface area (Å²) in [5.41, 5.74) is 1.61. The number of nitrogens with one attached hydrogen (secondary N) is 1. The highest BCUT2D eigenvalue weighted by Gasteiger charge is 2.23. The first-order chi connectivity index (χ1) is 14.6. The van der Waals surface area contributed by atoms with Crippen molar-refractivity contribution in [1.29, 1.82) is 0 Å². The smallest absolute Gasteiger partial charge is 0.245 e. The van der Waals surface area contributed by atoms with Crippen molar-refractivity contribution in [1.82, 2.24) is 14.7 Å². The van der Waals surface area contributed by atoms with Crippen LogP contribution in [0.3, 0.4) is 0 Å². The maximum absolute atomic E-state index is 12.9. The van der Waals surface area contributed by atoms with Gasteiger partial charge >= 0.3 is 0 Å². The number of aromatic nitrogens is 2. The third-order valence-corrected chi connectivity index (χ3v) is 5.01. The van der Waals surface area contributed by atoms with E-state index < -0.39 is 0 Å². The molecule has 170 valence electrons. The Morgan fingerprint density at radius 1 is 1.13 bits per heavy atom. The predicted octanol–water partition coefficient (Wildman–Crippen LogP) is 5.17. The maximum atomic E-state index is 12.9. The number of hydrogen-bond acceptors (Lipinski definition) is 3. The Morgan fingerprint density at radius 2 is 1.81 bits per heavy atom. The van der Waals surface area contributed by atoms with Crippen LogP contribution in [0.4, 0.5) is 5.82 Å². The summed E-state index contributed by atoms with van der Waals surface area (Å²) in [6, 6.07) is 11.7. The van der Waals surface area contributed by atoms with Gasteiger partial charge in [0.25, 0.3) is 0 Å². The third kappa shape index (κ3) is 7.53. The van der Waals surface area contributed by atoms with Crippen molar-refractivity contribution in [3.8, 4) is 5.69 Å². The van der Waals surface area contributed by atoms with Crippen molar-refractivity contribution in [2.24, 2.45) is 5.92 Å². The standard InChI is InChI=1S/C25H38N4O2/c1-7-8-10-15-24(31)28(17-19(2)3)18-23(30)26-22-16-21(25(4,5)6)27-29(22)20-13-11-9-12-14-20/h9,11-14,16,19H,7-8,10,15,17-18H2,1-6H3,(H,26,30). The van der Waals surface area contributed by atoms with Crippen molar-refractivity contribution < 1.29 is 9.59 Å². The van der Waals surface area contributed by atoms with Gasteiger partial charge in [-0.05, 0) is 24.5 Å². The third-order valence-electron chi connectivity index (χ3n) is 5.01. The van der Waals surface area contributed by atoms with Crippen LogP contribution in [0.2, 0.25) is 0 Å². The molecule has 31 heavy (non-hydrogen) atoms. The second-order valence-electron chi connectivity index (χ2n) is 9.59. The highest BCUT2D eigenvalue weighted by Crippen LogP contribution is 2.26. The largest absolute Gasteiger partial charge is 0.333 e. The number of carbonyl (C=O) groups is 2. The Hall–Kier alpha value is -2.63. The Balaban J connectivity index is 2.20. The fourth-order valence-electron chi connectivity index (χ4n) is 3.34. The van der Waals surface area contributed by atoms with E-state index in [9.17, 15) is 9.59 Å². The summed E-state index contributed by atoms with van der Waals surface area (Å²) in [6.45, 7) is 13.1. The van der Waals surface area contributed by atoms with Gasteiger partial charge in [0.05, 0.1) is 17.9 Å². The van der Waals surface area contributed by atoms with Crippen LogP contribution in [0, 0.1) is 5.92 Å². The van der Waals surface area contributed by atoms with Crippen LogP contribution in [0.1, 0.15) is 72.9 Å². The molecule has 1 aromatic carbocycles. The van der Waals surface area contributed by atoms with Gasteiger partial charge in [-0.25, -0.2) is 4.68 Å². The lowest BCUT2D eigenvalue weighted by molar-refractivity contribution is -0.135. The maximum Gasteiger partial charge on any atom is 0.245 e. The minimum atomic E-state index is -0.206. The molecule has 0 fully saturated rings. The van der Waals surface area contributed by atoms with Gasteiger partial charge in [0.15, 0.2) is 0 Å². The van der Waals surface area contributed by atoms with Crippen molar-refractivity contribution in [2.45, 2.75) is 72.6 Å². The van der Waals surface area contributed by atoms with Gasteiger partial charge in [-0.3, -0.25) is 9.59 Å². The van der Waals surface area contributed by atoms with Crippen molar-refractivity contribution in [3.63, 3.8) is 0 Å². The van der Waals surface area contributed by atoms with E-state index in [1.54, 1.807) is 9.58 Å². The molecule has 0 bridgehead atoms. The molecule has 6 nitrogen and oxygen atoms in total. The molecule has 0 atom stereocenters. The summed E-state index contributed by atoms with van der Waals surface area (Å²) in [5, 5.41) is 7.73. The number of hydrogen-bond donors (Lipinski definition) is 1. The second kappa shape index (κ2) is 11.1. The summed E-state index contributed by atoms with van der Waals surface area (Å²) in [4.78, 5) is 27.3. The zero-order chi connectivity index (χ0) is 23.0. The number of para-hydroxylation sites is 1. The molecule has 0 spiro atoms. The van der Waals surface area contributed by atoms with E-state index in [1.165, 1.54) is 0 Å². The zero-order valence-electron chi connectivity index (χ0n) is 19.9. The first-order valence-corrected chi connectivity index (χ1v) is 11.4. The van der Waals surface area contributed by atoms with E-state index >= 15 is 0 Å². The quantitative estimate of drug-likeness (QED) is 0.533. The average molecular weight is 427 g/mol. The summed E-state index contributed by atoms with van der Waals surface area (Å²) < 4.78 is 1.76. The van der Waals surface area contributed by atoms with Gasteiger partial charge in [-0.1, -0.05) is 72.6 Å². The molecule has 0 aliphatic rings. The Bertz CT molecular complexity index is 850. The summed E-state index contributed by atoms with van der Waals surface area (Å²) in [5.74, 6) is 0.751. The molecule has 2 aromatic rings. The molecule has 0 saturated heterocycles. The molecule has 0 aliphatic carbocycles. The van der Waals surface area contributed by atoms with Crippen LogP contribution < -0.4 is 5.32 Å². The van der Waals surface area contributed by atoms with Crippen LogP contribution >= 0.6 is 0 Å².